The van der Waals surface area contributed by atoms with E-state index < -0.39 is 23.4 Å². The first-order valence-electron chi connectivity index (χ1n) is 6.05. The number of fused-ring (bicyclic) bond motifs is 1. The van der Waals surface area contributed by atoms with Crippen LogP contribution in [0.15, 0.2) is 18.2 Å². The molecule has 1 aliphatic heterocycles. The topological polar surface area (TPSA) is 63.7 Å². The Morgan fingerprint density at radius 2 is 1.95 bits per heavy atom. The molecule has 0 saturated carbocycles. The number of carbonyl (C=O) groups is 3. The summed E-state index contributed by atoms with van der Waals surface area (Å²) in [6.07, 6.45) is -0.832. The Balaban J connectivity index is 2.41. The van der Waals surface area contributed by atoms with Crippen molar-refractivity contribution in [3.8, 4) is 0 Å². The largest absolute Gasteiger partial charge is 0.443 e. The minimum Gasteiger partial charge on any atom is -0.443 e. The quantitative estimate of drug-likeness (QED) is 0.582. The van der Waals surface area contributed by atoms with Crippen LogP contribution < -0.4 is 4.90 Å². The highest BCUT2D eigenvalue weighted by Crippen LogP contribution is 2.31. The molecule has 5 nitrogen and oxygen atoms in total. The Morgan fingerprint density at radius 1 is 1.30 bits per heavy atom. The van der Waals surface area contributed by atoms with Crippen molar-refractivity contribution < 1.29 is 19.1 Å². The van der Waals surface area contributed by atoms with Crippen molar-refractivity contribution in [2.24, 2.45) is 0 Å². The third kappa shape index (κ3) is 2.60. The van der Waals surface area contributed by atoms with Crippen molar-refractivity contribution in [2.45, 2.75) is 31.7 Å². The third-order valence-corrected chi connectivity index (χ3v) is 3.32. The second-order valence-corrected chi connectivity index (χ2v) is 6.00. The maximum Gasteiger partial charge on any atom is 0.422 e. The average molecular weight is 340 g/mol. The molecule has 1 aliphatic rings. The molecule has 0 saturated heterocycles. The first-order valence-corrected chi connectivity index (χ1v) is 7.17. The molecule has 1 aromatic carbocycles. The van der Waals surface area contributed by atoms with E-state index in [9.17, 15) is 14.4 Å². The zero-order valence-corrected chi connectivity index (χ0v) is 13.0. The van der Waals surface area contributed by atoms with Gasteiger partial charge in [0.2, 0.25) is 0 Å². The molecule has 0 unspecified atom stereocenters. The van der Waals surface area contributed by atoms with Crippen LogP contribution in [-0.2, 0) is 14.9 Å². The van der Waals surface area contributed by atoms with E-state index in [0.29, 0.717) is 5.33 Å². The number of alkyl halides is 1. The summed E-state index contributed by atoms with van der Waals surface area (Å²) < 4.78 is 5.16. The summed E-state index contributed by atoms with van der Waals surface area (Å²) in [4.78, 5) is 36.7. The molecule has 1 heterocycles. The normalized spacial score (nSPS) is 14.5. The predicted octanol–water partition coefficient (Wildman–Crippen LogP) is 3.05. The molecular formula is C14H14BrNO4. The van der Waals surface area contributed by atoms with Gasteiger partial charge in [0.1, 0.15) is 5.60 Å². The Bertz CT molecular complexity index is 604. The fourth-order valence-corrected chi connectivity index (χ4v) is 2.21. The number of benzene rings is 1. The van der Waals surface area contributed by atoms with Crippen molar-refractivity contribution in [1.29, 1.82) is 0 Å². The van der Waals surface area contributed by atoms with Crippen LogP contribution >= 0.6 is 15.9 Å². The zero-order valence-electron chi connectivity index (χ0n) is 11.4. The number of rotatable bonds is 1. The molecule has 2 rings (SSSR count). The van der Waals surface area contributed by atoms with Crippen molar-refractivity contribution >= 4 is 39.4 Å². The highest BCUT2D eigenvalue weighted by molar-refractivity contribution is 9.08. The van der Waals surface area contributed by atoms with E-state index in [1.807, 2.05) is 0 Å². The van der Waals surface area contributed by atoms with Gasteiger partial charge in [-0.25, -0.2) is 9.69 Å². The molecule has 0 aromatic heterocycles. The smallest absolute Gasteiger partial charge is 0.422 e. The second-order valence-electron chi connectivity index (χ2n) is 5.44. The van der Waals surface area contributed by atoms with E-state index in [2.05, 4.69) is 15.9 Å². The third-order valence-electron chi connectivity index (χ3n) is 2.67. The number of nitrogens with zero attached hydrogens (tertiary/aromatic N) is 1. The number of ketones is 1. The fourth-order valence-electron chi connectivity index (χ4n) is 1.86. The fraction of sp³-hybridized carbons (Fsp3) is 0.357. The summed E-state index contributed by atoms with van der Waals surface area (Å²) >= 11 is 3.28. The molecule has 0 bridgehead atoms. The van der Waals surface area contributed by atoms with Gasteiger partial charge in [0.05, 0.1) is 11.3 Å². The summed E-state index contributed by atoms with van der Waals surface area (Å²) in [6, 6.07) is 4.93. The lowest BCUT2D eigenvalue weighted by atomic mass is 10.1. The van der Waals surface area contributed by atoms with Gasteiger partial charge in [-0.2, -0.15) is 0 Å². The standard InChI is InChI=1S/C14H14BrNO4/c1-14(2,3)20-13(19)16-10-5-4-8(7-15)6-9(10)11(17)12(16)18/h4-6H,7H2,1-3H3. The molecule has 20 heavy (non-hydrogen) atoms. The molecule has 0 atom stereocenters. The first kappa shape index (κ1) is 14.7. The van der Waals surface area contributed by atoms with Gasteiger partial charge in [0.25, 0.3) is 5.78 Å². The number of amides is 2. The Morgan fingerprint density at radius 3 is 2.50 bits per heavy atom. The Labute approximate surface area is 125 Å². The van der Waals surface area contributed by atoms with Crippen LogP contribution in [0.1, 0.15) is 36.7 Å². The minimum absolute atomic E-state index is 0.234. The monoisotopic (exact) mass is 339 g/mol. The van der Waals surface area contributed by atoms with Crippen molar-refractivity contribution in [3.63, 3.8) is 0 Å². The Kier molecular flexibility index (Phi) is 3.69. The number of anilines is 1. The summed E-state index contributed by atoms with van der Waals surface area (Å²) in [5.74, 6) is -1.56. The van der Waals surface area contributed by atoms with E-state index in [1.54, 1.807) is 39.0 Å². The van der Waals surface area contributed by atoms with Crippen LogP contribution in [-0.4, -0.2) is 23.4 Å². The lowest BCUT2D eigenvalue weighted by molar-refractivity contribution is -0.114. The number of ether oxygens (including phenoxy) is 1. The Hall–Kier alpha value is -1.69. The molecule has 0 N–H and O–H groups in total. The van der Waals surface area contributed by atoms with Crippen LogP contribution in [0.2, 0.25) is 0 Å². The average Bonchev–Trinajstić information content (AvgIpc) is 2.59. The van der Waals surface area contributed by atoms with Gasteiger partial charge >= 0.3 is 12.0 Å². The van der Waals surface area contributed by atoms with Crippen LogP contribution in [0.3, 0.4) is 0 Å². The maximum absolute atomic E-state index is 12.1. The number of hydrogen-bond donors (Lipinski definition) is 0. The van der Waals surface area contributed by atoms with Crippen LogP contribution in [0, 0.1) is 0 Å². The number of Topliss-reactive ketones (excluding diaryl/α,β-unsaturated/α-hetero) is 1. The minimum atomic E-state index is -0.874. The van der Waals surface area contributed by atoms with Gasteiger partial charge in [-0.1, -0.05) is 22.0 Å². The van der Waals surface area contributed by atoms with Gasteiger partial charge < -0.3 is 4.74 Å². The number of carbonyl (C=O) groups excluding carboxylic acids is 3. The molecule has 1 aromatic rings. The molecule has 0 spiro atoms. The highest BCUT2D eigenvalue weighted by atomic mass is 79.9. The van der Waals surface area contributed by atoms with E-state index in [4.69, 9.17) is 4.74 Å². The van der Waals surface area contributed by atoms with Crippen LogP contribution in [0.5, 0.6) is 0 Å². The molecule has 6 heteroatoms. The van der Waals surface area contributed by atoms with Gasteiger partial charge in [-0.15, -0.1) is 0 Å². The van der Waals surface area contributed by atoms with Crippen LogP contribution in [0.25, 0.3) is 0 Å². The van der Waals surface area contributed by atoms with Gasteiger partial charge in [-0.05, 0) is 38.5 Å². The molecule has 0 radical (unpaired) electrons. The molecular weight excluding hydrogens is 326 g/mol. The second kappa shape index (κ2) is 5.01. The van der Waals surface area contributed by atoms with E-state index >= 15 is 0 Å². The van der Waals surface area contributed by atoms with Gasteiger partial charge in [-0.3, -0.25) is 9.59 Å². The summed E-state index contributed by atoms with van der Waals surface area (Å²) in [5.41, 5.74) is 0.631. The van der Waals surface area contributed by atoms with Crippen LogP contribution in [0.4, 0.5) is 10.5 Å². The summed E-state index contributed by atoms with van der Waals surface area (Å²) in [5, 5.41) is 0.564. The highest BCUT2D eigenvalue weighted by Gasteiger charge is 2.41. The van der Waals surface area contributed by atoms with E-state index in [1.165, 1.54) is 0 Å². The molecule has 0 aliphatic carbocycles. The van der Waals surface area contributed by atoms with Crippen molar-refractivity contribution in [2.75, 3.05) is 4.90 Å². The van der Waals surface area contributed by atoms with Gasteiger partial charge in [0, 0.05) is 5.33 Å². The molecule has 0 fully saturated rings. The zero-order chi connectivity index (χ0) is 15.1. The number of halogens is 1. The summed E-state index contributed by atoms with van der Waals surface area (Å²) in [7, 11) is 0. The SMILES string of the molecule is CC(C)(C)OC(=O)N1C(=O)C(=O)c2cc(CBr)ccc21. The maximum atomic E-state index is 12.1. The lowest BCUT2D eigenvalue weighted by Gasteiger charge is -2.23. The molecule has 106 valence electrons. The van der Waals surface area contributed by atoms with Crippen molar-refractivity contribution in [1.82, 2.24) is 0 Å². The number of imide groups is 1. The first-order chi connectivity index (χ1) is 9.24. The van der Waals surface area contributed by atoms with E-state index in [-0.39, 0.29) is 11.3 Å². The van der Waals surface area contributed by atoms with E-state index in [0.717, 1.165) is 10.5 Å². The number of hydrogen-bond acceptors (Lipinski definition) is 4. The lowest BCUT2D eigenvalue weighted by Crippen LogP contribution is -2.40. The molecule has 2 amide bonds. The van der Waals surface area contributed by atoms with Gasteiger partial charge in [0.15, 0.2) is 0 Å². The summed E-state index contributed by atoms with van der Waals surface area (Å²) in [6.45, 7) is 5.09. The predicted molar refractivity (Wildman–Crippen MR) is 77.1 cm³/mol. The van der Waals surface area contributed by atoms with Crippen molar-refractivity contribution in [3.05, 3.63) is 29.3 Å².